The number of aromatic nitrogens is 2. The molecule has 0 saturated heterocycles. The van der Waals surface area contributed by atoms with Gasteiger partial charge in [-0.15, -0.1) is 0 Å². The van der Waals surface area contributed by atoms with Crippen molar-refractivity contribution < 1.29 is 19.6 Å². The molecule has 1 amide bonds. The van der Waals surface area contributed by atoms with Crippen LogP contribution >= 0.6 is 0 Å². The molecular formula is C14H20N4O5. The quantitative estimate of drug-likeness (QED) is 0.545. The number of rotatable bonds is 8. The standard InChI is InChI=1S/C14H20N4O5/c1-8-13(18(22)23)9(2)17(16-8)6-5-12(19)15-11(14(20)21)7-10-3-4-10/h10-11H,3-7H2,1-2H3,(H,15,19)(H,20,21). The first-order chi connectivity index (χ1) is 10.8. The number of nitrogens with zero attached hydrogens (tertiary/aromatic N) is 3. The lowest BCUT2D eigenvalue weighted by atomic mass is 10.1. The SMILES string of the molecule is Cc1nn(CCC(=O)NC(CC2CC2)C(=O)O)c(C)c1[N+](=O)[O-]. The first kappa shape index (κ1) is 16.9. The van der Waals surface area contributed by atoms with E-state index in [1.165, 1.54) is 11.6 Å². The third kappa shape index (κ3) is 4.27. The van der Waals surface area contributed by atoms with E-state index in [1.807, 2.05) is 0 Å². The number of aliphatic carboxylic acids is 1. The van der Waals surface area contributed by atoms with Gasteiger partial charge >= 0.3 is 11.7 Å². The van der Waals surface area contributed by atoms with E-state index in [0.717, 1.165) is 12.8 Å². The number of nitro groups is 1. The van der Waals surface area contributed by atoms with Crippen LogP contribution in [0.15, 0.2) is 0 Å². The van der Waals surface area contributed by atoms with Gasteiger partial charge in [0.25, 0.3) is 0 Å². The Balaban J connectivity index is 1.92. The molecule has 1 heterocycles. The summed E-state index contributed by atoms with van der Waals surface area (Å²) in [6, 6.07) is -0.871. The van der Waals surface area contributed by atoms with Crippen LogP contribution in [0.4, 0.5) is 5.69 Å². The van der Waals surface area contributed by atoms with E-state index in [1.54, 1.807) is 6.92 Å². The number of carbonyl (C=O) groups excluding carboxylic acids is 1. The molecule has 1 aromatic rings. The van der Waals surface area contributed by atoms with Crippen LogP contribution in [0, 0.1) is 29.9 Å². The van der Waals surface area contributed by atoms with Gasteiger partial charge in [-0.3, -0.25) is 19.6 Å². The van der Waals surface area contributed by atoms with Crippen molar-refractivity contribution in [3.63, 3.8) is 0 Å². The monoisotopic (exact) mass is 324 g/mol. The summed E-state index contributed by atoms with van der Waals surface area (Å²) >= 11 is 0. The van der Waals surface area contributed by atoms with Crippen molar-refractivity contribution in [1.29, 1.82) is 0 Å². The molecule has 1 atom stereocenters. The van der Waals surface area contributed by atoms with Crippen molar-refractivity contribution in [2.24, 2.45) is 5.92 Å². The Hall–Kier alpha value is -2.45. The van der Waals surface area contributed by atoms with E-state index >= 15 is 0 Å². The van der Waals surface area contributed by atoms with Crippen LogP contribution in [0.5, 0.6) is 0 Å². The molecule has 0 aliphatic heterocycles. The lowest BCUT2D eigenvalue weighted by Gasteiger charge is -2.14. The van der Waals surface area contributed by atoms with Gasteiger partial charge in [0.15, 0.2) is 0 Å². The van der Waals surface area contributed by atoms with Gasteiger partial charge in [0.2, 0.25) is 5.91 Å². The second-order valence-electron chi connectivity index (χ2n) is 5.89. The fourth-order valence-corrected chi connectivity index (χ4v) is 2.55. The second-order valence-corrected chi connectivity index (χ2v) is 5.89. The van der Waals surface area contributed by atoms with Crippen LogP contribution in [-0.4, -0.2) is 37.7 Å². The van der Waals surface area contributed by atoms with Crippen molar-refractivity contribution in [2.75, 3.05) is 0 Å². The van der Waals surface area contributed by atoms with Gasteiger partial charge in [0.1, 0.15) is 17.4 Å². The van der Waals surface area contributed by atoms with Crippen molar-refractivity contribution in [3.8, 4) is 0 Å². The number of carboxylic acids is 1. The molecule has 9 heteroatoms. The van der Waals surface area contributed by atoms with Gasteiger partial charge in [-0.1, -0.05) is 12.8 Å². The molecule has 0 spiro atoms. The lowest BCUT2D eigenvalue weighted by Crippen LogP contribution is -2.41. The maximum absolute atomic E-state index is 11.9. The number of aryl methyl sites for hydroxylation is 2. The van der Waals surface area contributed by atoms with Crippen LogP contribution in [-0.2, 0) is 16.1 Å². The predicted molar refractivity (Wildman–Crippen MR) is 79.9 cm³/mol. The average Bonchev–Trinajstić information content (AvgIpc) is 3.21. The Morgan fingerprint density at radius 1 is 1.48 bits per heavy atom. The molecule has 0 radical (unpaired) electrons. The van der Waals surface area contributed by atoms with Gasteiger partial charge < -0.3 is 10.4 Å². The molecular weight excluding hydrogens is 304 g/mol. The highest BCUT2D eigenvalue weighted by atomic mass is 16.6. The van der Waals surface area contributed by atoms with E-state index < -0.39 is 22.8 Å². The van der Waals surface area contributed by atoms with Crippen LogP contribution in [0.3, 0.4) is 0 Å². The molecule has 9 nitrogen and oxygen atoms in total. The van der Waals surface area contributed by atoms with Gasteiger partial charge in [0, 0.05) is 6.42 Å². The minimum absolute atomic E-state index is 0.0214. The van der Waals surface area contributed by atoms with Crippen LogP contribution < -0.4 is 5.32 Å². The van der Waals surface area contributed by atoms with Crippen LogP contribution in [0.25, 0.3) is 0 Å². The van der Waals surface area contributed by atoms with Gasteiger partial charge in [0.05, 0.1) is 11.5 Å². The molecule has 126 valence electrons. The highest BCUT2D eigenvalue weighted by Gasteiger charge is 2.30. The minimum atomic E-state index is -1.04. The molecule has 0 bridgehead atoms. The molecule has 2 rings (SSSR count). The first-order valence-electron chi connectivity index (χ1n) is 7.50. The average molecular weight is 324 g/mol. The topological polar surface area (TPSA) is 127 Å². The highest BCUT2D eigenvalue weighted by molar-refractivity contribution is 5.83. The predicted octanol–water partition coefficient (Wildman–Crippen LogP) is 1.17. The summed E-state index contributed by atoms with van der Waals surface area (Å²) in [6.07, 6.45) is 2.49. The molecule has 1 saturated carbocycles. The van der Waals surface area contributed by atoms with Gasteiger partial charge in [-0.25, -0.2) is 4.79 Å². The maximum atomic E-state index is 11.9. The third-order valence-electron chi connectivity index (χ3n) is 3.98. The maximum Gasteiger partial charge on any atom is 0.326 e. The number of carboxylic acid groups (broad SMARTS) is 1. The lowest BCUT2D eigenvalue weighted by molar-refractivity contribution is -0.386. The number of hydrogen-bond donors (Lipinski definition) is 2. The van der Waals surface area contributed by atoms with Crippen molar-refractivity contribution in [3.05, 3.63) is 21.5 Å². The normalized spacial score (nSPS) is 15.2. The number of amides is 1. The summed E-state index contributed by atoms with van der Waals surface area (Å²) in [6.45, 7) is 3.28. The Labute approximate surface area is 132 Å². The summed E-state index contributed by atoms with van der Waals surface area (Å²) < 4.78 is 1.41. The van der Waals surface area contributed by atoms with Gasteiger partial charge in [-0.2, -0.15) is 5.10 Å². The third-order valence-corrected chi connectivity index (χ3v) is 3.98. The zero-order valence-corrected chi connectivity index (χ0v) is 13.1. The number of hydrogen-bond acceptors (Lipinski definition) is 5. The molecule has 1 fully saturated rings. The van der Waals surface area contributed by atoms with E-state index in [-0.39, 0.29) is 18.7 Å². The van der Waals surface area contributed by atoms with Crippen LogP contribution in [0.1, 0.15) is 37.1 Å². The van der Waals surface area contributed by atoms with E-state index in [2.05, 4.69) is 10.4 Å². The fraction of sp³-hybridized carbons (Fsp3) is 0.643. The summed E-state index contributed by atoms with van der Waals surface area (Å²) in [5, 5.41) is 26.6. The fourth-order valence-electron chi connectivity index (χ4n) is 2.55. The van der Waals surface area contributed by atoms with Crippen molar-refractivity contribution >= 4 is 17.6 Å². The molecule has 1 aliphatic rings. The smallest absolute Gasteiger partial charge is 0.326 e. The summed E-state index contributed by atoms with van der Waals surface area (Å²) in [4.78, 5) is 33.5. The largest absolute Gasteiger partial charge is 0.480 e. The van der Waals surface area contributed by atoms with Gasteiger partial charge in [-0.05, 0) is 26.2 Å². The second kappa shape index (κ2) is 6.76. The first-order valence-corrected chi connectivity index (χ1v) is 7.50. The molecule has 0 aromatic carbocycles. The minimum Gasteiger partial charge on any atom is -0.480 e. The number of carbonyl (C=O) groups is 2. The zero-order valence-electron chi connectivity index (χ0n) is 13.1. The molecule has 1 aliphatic carbocycles. The Bertz CT molecular complexity index is 635. The van der Waals surface area contributed by atoms with E-state index in [9.17, 15) is 19.7 Å². The summed E-state index contributed by atoms with van der Waals surface area (Å²) in [7, 11) is 0. The van der Waals surface area contributed by atoms with E-state index in [4.69, 9.17) is 5.11 Å². The van der Waals surface area contributed by atoms with Crippen molar-refractivity contribution in [2.45, 2.75) is 52.1 Å². The zero-order chi connectivity index (χ0) is 17.1. The molecule has 1 aromatic heterocycles. The Kier molecular flexibility index (Phi) is 4.97. The number of nitrogens with one attached hydrogen (secondary N) is 1. The Morgan fingerprint density at radius 2 is 2.13 bits per heavy atom. The molecule has 2 N–H and O–H groups in total. The van der Waals surface area contributed by atoms with E-state index in [0.29, 0.717) is 23.7 Å². The molecule has 23 heavy (non-hydrogen) atoms. The highest BCUT2D eigenvalue weighted by Crippen LogP contribution is 2.33. The summed E-state index contributed by atoms with van der Waals surface area (Å²) in [5.74, 6) is -1.05. The van der Waals surface area contributed by atoms with Crippen molar-refractivity contribution in [1.82, 2.24) is 15.1 Å². The molecule has 1 unspecified atom stereocenters. The van der Waals surface area contributed by atoms with Crippen LogP contribution in [0.2, 0.25) is 0 Å². The summed E-state index contributed by atoms with van der Waals surface area (Å²) in [5.41, 5.74) is 0.626. The Morgan fingerprint density at radius 3 is 2.61 bits per heavy atom.